The zero-order valence-electron chi connectivity index (χ0n) is 11.5. The maximum atomic E-state index is 13.4. The summed E-state index contributed by atoms with van der Waals surface area (Å²) in [6.45, 7) is 5.11. The van der Waals surface area contributed by atoms with Gasteiger partial charge < -0.3 is 4.90 Å². The molecule has 1 aliphatic rings. The lowest BCUT2D eigenvalue weighted by Crippen LogP contribution is -2.39. The zero-order valence-corrected chi connectivity index (χ0v) is 12.4. The summed E-state index contributed by atoms with van der Waals surface area (Å²) in [6.07, 6.45) is 3.55. The van der Waals surface area contributed by atoms with Crippen LogP contribution in [-0.4, -0.2) is 44.5 Å². The van der Waals surface area contributed by atoms with Gasteiger partial charge in [-0.25, -0.2) is 22.5 Å². The van der Waals surface area contributed by atoms with Crippen molar-refractivity contribution in [1.82, 2.24) is 14.6 Å². The molecule has 0 aromatic carbocycles. The molecule has 1 saturated heterocycles. The first-order chi connectivity index (χ1) is 9.49. The van der Waals surface area contributed by atoms with Crippen molar-refractivity contribution in [3.05, 3.63) is 24.1 Å². The maximum absolute atomic E-state index is 13.4. The molecule has 7 heteroatoms. The smallest absolute Gasteiger partial charge is 0.261 e. The molecule has 0 amide bonds. The van der Waals surface area contributed by atoms with Gasteiger partial charge in [-0.3, -0.25) is 0 Å². The number of hydrogen-bond donors (Lipinski definition) is 1. The highest BCUT2D eigenvalue weighted by atomic mass is 32.2. The van der Waals surface area contributed by atoms with E-state index in [-0.39, 0.29) is 6.54 Å². The zero-order chi connectivity index (χ0) is 14.6. The molecule has 1 aliphatic heterocycles. The maximum Gasteiger partial charge on any atom is 0.261 e. The van der Waals surface area contributed by atoms with Gasteiger partial charge in [0, 0.05) is 19.3 Å². The molecule has 0 bridgehead atoms. The van der Waals surface area contributed by atoms with Crippen LogP contribution in [0, 0.1) is 11.7 Å². The molecule has 112 valence electrons. The number of sulfonamides is 1. The Kier molecular flexibility index (Phi) is 5.06. The number of pyridine rings is 1. The largest absolute Gasteiger partial charge is 0.302 e. The number of aromatic nitrogens is 1. The standard InChI is InChI=1S/C13H20FN3O2S/c1-11-4-8-17(9-5-11)10-7-16-20(18,19)13-12(14)3-2-6-15-13/h2-3,6,11,16H,4-5,7-10H2,1H3. The van der Waals surface area contributed by atoms with Gasteiger partial charge in [0.25, 0.3) is 10.0 Å². The average molecular weight is 301 g/mol. The van der Waals surface area contributed by atoms with E-state index >= 15 is 0 Å². The predicted octanol–water partition coefficient (Wildman–Crippen LogP) is 1.23. The van der Waals surface area contributed by atoms with Gasteiger partial charge in [-0.15, -0.1) is 0 Å². The minimum atomic E-state index is -3.87. The molecule has 0 unspecified atom stereocenters. The van der Waals surface area contributed by atoms with Crippen LogP contribution in [0.4, 0.5) is 4.39 Å². The number of halogens is 1. The summed E-state index contributed by atoms with van der Waals surface area (Å²) >= 11 is 0. The third kappa shape index (κ3) is 3.97. The first-order valence-electron chi connectivity index (χ1n) is 6.81. The van der Waals surface area contributed by atoms with Gasteiger partial charge >= 0.3 is 0 Å². The number of piperidine rings is 1. The highest BCUT2D eigenvalue weighted by Crippen LogP contribution is 2.15. The Hall–Kier alpha value is -1.05. The van der Waals surface area contributed by atoms with Crippen molar-refractivity contribution >= 4 is 10.0 Å². The predicted molar refractivity (Wildman–Crippen MR) is 74.2 cm³/mol. The molecule has 0 spiro atoms. The summed E-state index contributed by atoms with van der Waals surface area (Å²) in [7, 11) is -3.87. The van der Waals surface area contributed by atoms with E-state index < -0.39 is 20.9 Å². The fourth-order valence-electron chi connectivity index (χ4n) is 2.26. The molecular weight excluding hydrogens is 281 g/mol. The topological polar surface area (TPSA) is 62.3 Å². The summed E-state index contributed by atoms with van der Waals surface area (Å²) < 4.78 is 39.7. The van der Waals surface area contributed by atoms with Gasteiger partial charge in [0.05, 0.1) is 0 Å². The van der Waals surface area contributed by atoms with E-state index in [9.17, 15) is 12.8 Å². The lowest BCUT2D eigenvalue weighted by Gasteiger charge is -2.30. The van der Waals surface area contributed by atoms with Crippen LogP contribution in [0.5, 0.6) is 0 Å². The van der Waals surface area contributed by atoms with Crippen LogP contribution in [0.15, 0.2) is 23.4 Å². The Labute approximate surface area is 119 Å². The molecule has 0 aliphatic carbocycles. The first-order valence-corrected chi connectivity index (χ1v) is 8.30. The Bertz CT molecular complexity index is 542. The van der Waals surface area contributed by atoms with Crippen LogP contribution in [0.3, 0.4) is 0 Å². The molecule has 1 N–H and O–H groups in total. The summed E-state index contributed by atoms with van der Waals surface area (Å²) in [5.41, 5.74) is 0. The van der Waals surface area contributed by atoms with Crippen LogP contribution in [0.1, 0.15) is 19.8 Å². The van der Waals surface area contributed by atoms with E-state index in [1.165, 1.54) is 12.3 Å². The lowest BCUT2D eigenvalue weighted by atomic mass is 9.99. The minimum Gasteiger partial charge on any atom is -0.302 e. The Morgan fingerprint density at radius 1 is 1.45 bits per heavy atom. The number of hydrogen-bond acceptors (Lipinski definition) is 4. The molecular formula is C13H20FN3O2S. The Morgan fingerprint density at radius 2 is 2.15 bits per heavy atom. The SMILES string of the molecule is CC1CCN(CCNS(=O)(=O)c2ncccc2F)CC1. The van der Waals surface area contributed by atoms with Crippen LogP contribution < -0.4 is 4.72 Å². The molecule has 0 radical (unpaired) electrons. The van der Waals surface area contributed by atoms with E-state index in [4.69, 9.17) is 0 Å². The molecule has 2 rings (SSSR count). The Morgan fingerprint density at radius 3 is 2.80 bits per heavy atom. The van der Waals surface area contributed by atoms with Gasteiger partial charge in [-0.05, 0) is 44.0 Å². The Balaban J connectivity index is 1.86. The van der Waals surface area contributed by atoms with Crippen LogP contribution in [-0.2, 0) is 10.0 Å². The van der Waals surface area contributed by atoms with Crippen LogP contribution in [0.2, 0.25) is 0 Å². The van der Waals surface area contributed by atoms with E-state index in [2.05, 4.69) is 21.5 Å². The van der Waals surface area contributed by atoms with Crippen molar-refractivity contribution < 1.29 is 12.8 Å². The van der Waals surface area contributed by atoms with E-state index in [1.807, 2.05) is 0 Å². The molecule has 5 nitrogen and oxygen atoms in total. The van der Waals surface area contributed by atoms with Crippen molar-refractivity contribution in [2.75, 3.05) is 26.2 Å². The fourth-order valence-corrected chi connectivity index (χ4v) is 3.28. The normalized spacial score (nSPS) is 18.3. The third-order valence-corrected chi connectivity index (χ3v) is 4.97. The fraction of sp³-hybridized carbons (Fsp3) is 0.615. The van der Waals surface area contributed by atoms with Crippen molar-refractivity contribution in [3.63, 3.8) is 0 Å². The number of nitrogens with one attached hydrogen (secondary N) is 1. The summed E-state index contributed by atoms with van der Waals surface area (Å²) in [6, 6.07) is 2.46. The van der Waals surface area contributed by atoms with Gasteiger partial charge in [0.1, 0.15) is 0 Å². The molecule has 1 fully saturated rings. The van der Waals surface area contributed by atoms with Gasteiger partial charge in [-0.2, -0.15) is 0 Å². The number of likely N-dealkylation sites (tertiary alicyclic amines) is 1. The molecule has 2 heterocycles. The molecule has 1 aromatic rings. The average Bonchev–Trinajstić information content (AvgIpc) is 2.41. The second kappa shape index (κ2) is 6.60. The van der Waals surface area contributed by atoms with Gasteiger partial charge in [-0.1, -0.05) is 6.92 Å². The van der Waals surface area contributed by atoms with Gasteiger partial charge in [0.15, 0.2) is 5.82 Å². The molecule has 0 atom stereocenters. The quantitative estimate of drug-likeness (QED) is 0.888. The monoisotopic (exact) mass is 301 g/mol. The summed E-state index contributed by atoms with van der Waals surface area (Å²) in [5, 5.41) is -0.535. The van der Waals surface area contributed by atoms with Gasteiger partial charge in [0.2, 0.25) is 5.03 Å². The molecule has 0 saturated carbocycles. The summed E-state index contributed by atoms with van der Waals surface area (Å²) in [4.78, 5) is 5.81. The van der Waals surface area contributed by atoms with Crippen molar-refractivity contribution in [3.8, 4) is 0 Å². The highest BCUT2D eigenvalue weighted by molar-refractivity contribution is 7.89. The van der Waals surface area contributed by atoms with Crippen molar-refractivity contribution in [2.45, 2.75) is 24.8 Å². The first kappa shape index (κ1) is 15.3. The van der Waals surface area contributed by atoms with Crippen LogP contribution in [0.25, 0.3) is 0 Å². The van der Waals surface area contributed by atoms with E-state index in [0.717, 1.165) is 37.9 Å². The minimum absolute atomic E-state index is 0.271. The third-order valence-electron chi connectivity index (χ3n) is 3.58. The second-order valence-corrected chi connectivity index (χ2v) is 6.89. The molecule has 20 heavy (non-hydrogen) atoms. The van der Waals surface area contributed by atoms with Crippen molar-refractivity contribution in [1.29, 1.82) is 0 Å². The van der Waals surface area contributed by atoms with Crippen LogP contribution >= 0.6 is 0 Å². The van der Waals surface area contributed by atoms with E-state index in [1.54, 1.807) is 0 Å². The number of rotatable bonds is 5. The summed E-state index contributed by atoms with van der Waals surface area (Å²) in [5.74, 6) is -0.0858. The molecule has 1 aromatic heterocycles. The van der Waals surface area contributed by atoms with Crippen molar-refractivity contribution in [2.24, 2.45) is 5.92 Å². The lowest BCUT2D eigenvalue weighted by molar-refractivity contribution is 0.195. The number of nitrogens with zero attached hydrogens (tertiary/aromatic N) is 2. The second-order valence-electron chi connectivity index (χ2n) is 5.21. The highest BCUT2D eigenvalue weighted by Gasteiger charge is 2.21. The van der Waals surface area contributed by atoms with E-state index in [0.29, 0.717) is 6.54 Å².